The maximum Gasteiger partial charge on any atom is 0.244 e. The first kappa shape index (κ1) is 15.6. The average Bonchev–Trinajstić information content (AvgIpc) is 2.47. The molecule has 0 aromatic carbocycles. The van der Waals surface area contributed by atoms with Crippen LogP contribution in [-0.4, -0.2) is 30.9 Å². The number of pyridine rings is 1. The normalized spacial score (nSPS) is 23.5. The fourth-order valence-electron chi connectivity index (χ4n) is 2.46. The molecule has 4 N–H and O–H groups in total. The van der Waals surface area contributed by atoms with Crippen molar-refractivity contribution in [3.05, 3.63) is 18.5 Å². The zero-order chi connectivity index (χ0) is 14.6. The third-order valence-corrected chi connectivity index (χ3v) is 6.15. The van der Waals surface area contributed by atoms with Gasteiger partial charge in [0.2, 0.25) is 10.0 Å². The van der Waals surface area contributed by atoms with Gasteiger partial charge in [-0.05, 0) is 31.6 Å². The number of nitrogens with two attached hydrogens (primary N) is 1. The van der Waals surface area contributed by atoms with Crippen molar-refractivity contribution in [1.29, 1.82) is 0 Å². The van der Waals surface area contributed by atoms with E-state index in [4.69, 9.17) is 5.84 Å². The second kappa shape index (κ2) is 6.75. The van der Waals surface area contributed by atoms with E-state index >= 15 is 0 Å². The number of hydrogen-bond donors (Lipinski definition) is 3. The van der Waals surface area contributed by atoms with Crippen molar-refractivity contribution in [2.45, 2.75) is 41.9 Å². The van der Waals surface area contributed by atoms with Crippen molar-refractivity contribution in [3.8, 4) is 0 Å². The SMILES string of the molecule is CSC1CCCC(NS(=O)(=O)c2cnccc2NN)C1. The fourth-order valence-corrected chi connectivity index (χ4v) is 4.69. The monoisotopic (exact) mass is 316 g/mol. The van der Waals surface area contributed by atoms with E-state index in [-0.39, 0.29) is 10.9 Å². The molecule has 0 spiro atoms. The van der Waals surface area contributed by atoms with Crippen LogP contribution in [0.15, 0.2) is 23.4 Å². The maximum absolute atomic E-state index is 12.4. The number of aromatic nitrogens is 1. The van der Waals surface area contributed by atoms with Crippen molar-refractivity contribution in [3.63, 3.8) is 0 Å². The van der Waals surface area contributed by atoms with Gasteiger partial charge in [-0.15, -0.1) is 0 Å². The molecule has 112 valence electrons. The molecule has 2 rings (SSSR count). The number of thioether (sulfide) groups is 1. The Morgan fingerprint density at radius 3 is 2.95 bits per heavy atom. The number of hydrazine groups is 1. The largest absolute Gasteiger partial charge is 0.323 e. The summed E-state index contributed by atoms with van der Waals surface area (Å²) >= 11 is 1.80. The Kier molecular flexibility index (Phi) is 5.25. The smallest absolute Gasteiger partial charge is 0.244 e. The Labute approximate surface area is 123 Å². The molecule has 0 aliphatic heterocycles. The first-order chi connectivity index (χ1) is 9.56. The summed E-state index contributed by atoms with van der Waals surface area (Å²) in [6, 6.07) is 1.53. The molecule has 1 aliphatic carbocycles. The second-order valence-electron chi connectivity index (χ2n) is 4.86. The van der Waals surface area contributed by atoms with E-state index in [2.05, 4.69) is 21.4 Å². The topological polar surface area (TPSA) is 97.1 Å². The minimum absolute atomic E-state index is 0.0166. The van der Waals surface area contributed by atoms with Crippen molar-refractivity contribution in [2.75, 3.05) is 11.7 Å². The average molecular weight is 316 g/mol. The van der Waals surface area contributed by atoms with E-state index in [1.165, 1.54) is 12.4 Å². The number of nitrogens with zero attached hydrogens (tertiary/aromatic N) is 1. The molecular formula is C12H20N4O2S2. The highest BCUT2D eigenvalue weighted by atomic mass is 32.2. The minimum atomic E-state index is -3.60. The number of anilines is 1. The van der Waals surface area contributed by atoms with Crippen molar-refractivity contribution in [2.24, 2.45) is 5.84 Å². The summed E-state index contributed by atoms with van der Waals surface area (Å²) in [5, 5.41) is 0.525. The van der Waals surface area contributed by atoms with Gasteiger partial charge in [-0.1, -0.05) is 6.42 Å². The molecule has 2 atom stereocenters. The molecular weight excluding hydrogens is 296 g/mol. The van der Waals surface area contributed by atoms with Crippen molar-refractivity contribution in [1.82, 2.24) is 9.71 Å². The number of nitrogen functional groups attached to an aromatic ring is 1. The van der Waals surface area contributed by atoms with Gasteiger partial charge in [0.25, 0.3) is 0 Å². The molecule has 1 aromatic heterocycles. The predicted molar refractivity (Wildman–Crippen MR) is 81.9 cm³/mol. The maximum atomic E-state index is 12.4. The molecule has 1 saturated carbocycles. The van der Waals surface area contributed by atoms with E-state index < -0.39 is 10.0 Å². The molecule has 1 fully saturated rings. The quantitative estimate of drug-likeness (QED) is 0.560. The highest BCUT2D eigenvalue weighted by Crippen LogP contribution is 2.28. The number of rotatable bonds is 5. The van der Waals surface area contributed by atoms with E-state index in [9.17, 15) is 8.42 Å². The summed E-state index contributed by atoms with van der Waals surface area (Å²) in [6.45, 7) is 0. The molecule has 0 saturated heterocycles. The molecule has 8 heteroatoms. The van der Waals surface area contributed by atoms with Crippen LogP contribution in [-0.2, 0) is 10.0 Å². The Morgan fingerprint density at radius 1 is 1.45 bits per heavy atom. The van der Waals surface area contributed by atoms with E-state index in [1.807, 2.05) is 0 Å². The lowest BCUT2D eigenvalue weighted by Crippen LogP contribution is -2.39. The van der Waals surface area contributed by atoms with E-state index in [0.717, 1.165) is 25.7 Å². The van der Waals surface area contributed by atoms with Gasteiger partial charge in [0.05, 0.1) is 5.69 Å². The van der Waals surface area contributed by atoms with Gasteiger partial charge in [0.15, 0.2) is 0 Å². The molecule has 1 heterocycles. The van der Waals surface area contributed by atoms with Gasteiger partial charge >= 0.3 is 0 Å². The third-order valence-electron chi connectivity index (χ3n) is 3.51. The Bertz CT molecular complexity index is 550. The van der Waals surface area contributed by atoms with Gasteiger partial charge in [-0.3, -0.25) is 10.8 Å². The highest BCUT2D eigenvalue weighted by molar-refractivity contribution is 7.99. The highest BCUT2D eigenvalue weighted by Gasteiger charge is 2.27. The number of hydrogen-bond acceptors (Lipinski definition) is 6. The first-order valence-corrected chi connectivity index (χ1v) is 9.29. The van der Waals surface area contributed by atoms with E-state index in [0.29, 0.717) is 10.9 Å². The summed E-state index contributed by atoms with van der Waals surface area (Å²) in [6.07, 6.45) is 8.83. The van der Waals surface area contributed by atoms with Crippen molar-refractivity contribution >= 4 is 27.5 Å². The van der Waals surface area contributed by atoms with E-state index in [1.54, 1.807) is 17.8 Å². The van der Waals surface area contributed by atoms with Crippen molar-refractivity contribution < 1.29 is 8.42 Å². The molecule has 0 amide bonds. The van der Waals surface area contributed by atoms with Crippen LogP contribution in [0.3, 0.4) is 0 Å². The lowest BCUT2D eigenvalue weighted by Gasteiger charge is -2.28. The lowest BCUT2D eigenvalue weighted by molar-refractivity contribution is 0.421. The van der Waals surface area contributed by atoms with Gasteiger partial charge in [-0.25, -0.2) is 13.1 Å². The van der Waals surface area contributed by atoms with Crippen LogP contribution in [0.4, 0.5) is 5.69 Å². The van der Waals surface area contributed by atoms with Crippen LogP contribution >= 0.6 is 11.8 Å². The molecule has 2 unspecified atom stereocenters. The molecule has 0 radical (unpaired) electrons. The summed E-state index contributed by atoms with van der Waals surface area (Å²) in [7, 11) is -3.60. The van der Waals surface area contributed by atoms with Crippen LogP contribution in [0.25, 0.3) is 0 Å². The van der Waals surface area contributed by atoms with Crippen LogP contribution in [0.2, 0.25) is 0 Å². The summed E-state index contributed by atoms with van der Waals surface area (Å²) < 4.78 is 27.6. The molecule has 1 aromatic rings. The molecule has 6 nitrogen and oxygen atoms in total. The Balaban J connectivity index is 2.14. The summed E-state index contributed by atoms with van der Waals surface area (Å²) in [4.78, 5) is 3.96. The molecule has 1 aliphatic rings. The van der Waals surface area contributed by atoms with Crippen LogP contribution in [0.1, 0.15) is 25.7 Å². The van der Waals surface area contributed by atoms with Gasteiger partial charge in [0.1, 0.15) is 4.90 Å². The van der Waals surface area contributed by atoms with Crippen LogP contribution in [0.5, 0.6) is 0 Å². The van der Waals surface area contributed by atoms with Crippen LogP contribution in [0, 0.1) is 0 Å². The molecule has 0 bridgehead atoms. The standard InChI is InChI=1S/C12H20N4O2S2/c1-19-10-4-2-3-9(7-10)16-20(17,18)12-8-14-6-5-11(12)15-13/h5-6,8-10,16H,2-4,7,13H2,1H3,(H,14,15). The molecule has 20 heavy (non-hydrogen) atoms. The zero-order valence-corrected chi connectivity index (χ0v) is 13.0. The minimum Gasteiger partial charge on any atom is -0.323 e. The zero-order valence-electron chi connectivity index (χ0n) is 11.4. The number of nitrogens with one attached hydrogen (secondary N) is 2. The Hall–Kier alpha value is -0.830. The first-order valence-electron chi connectivity index (χ1n) is 6.52. The summed E-state index contributed by atoms with van der Waals surface area (Å²) in [5.74, 6) is 5.35. The van der Waals surface area contributed by atoms with Gasteiger partial charge in [-0.2, -0.15) is 11.8 Å². The summed E-state index contributed by atoms with van der Waals surface area (Å²) in [5.41, 5.74) is 2.75. The lowest BCUT2D eigenvalue weighted by atomic mass is 9.96. The predicted octanol–water partition coefficient (Wildman–Crippen LogP) is 1.32. The third kappa shape index (κ3) is 3.63. The van der Waals surface area contributed by atoms with Gasteiger partial charge < -0.3 is 5.43 Å². The second-order valence-corrected chi connectivity index (χ2v) is 7.68. The van der Waals surface area contributed by atoms with Gasteiger partial charge in [0, 0.05) is 23.7 Å². The fraction of sp³-hybridized carbons (Fsp3) is 0.583. The number of sulfonamides is 1. The van der Waals surface area contributed by atoms with Crippen LogP contribution < -0.4 is 16.0 Å². The Morgan fingerprint density at radius 2 is 2.25 bits per heavy atom.